The summed E-state index contributed by atoms with van der Waals surface area (Å²) in [4.78, 5) is 61.8. The number of carbonyl (C=O) groups is 5. The Morgan fingerprint density at radius 2 is 0.655 bits per heavy atom. The second-order valence-corrected chi connectivity index (χ2v) is 36.6. The Morgan fingerprint density at radius 1 is 0.336 bits per heavy atom. The van der Waals surface area contributed by atoms with Gasteiger partial charge in [0.1, 0.15) is 35.0 Å². The summed E-state index contributed by atoms with van der Waals surface area (Å²) < 4.78 is 43.0. The van der Waals surface area contributed by atoms with Gasteiger partial charge in [0.15, 0.2) is 5.78 Å². The summed E-state index contributed by atoms with van der Waals surface area (Å²) in [6, 6.07) is 58.2. The van der Waals surface area contributed by atoms with Crippen molar-refractivity contribution in [1.82, 2.24) is 0 Å². The number of halogens is 1. The highest BCUT2D eigenvalue weighted by Crippen LogP contribution is 2.60. The summed E-state index contributed by atoms with van der Waals surface area (Å²) >= 11 is 0. The van der Waals surface area contributed by atoms with E-state index >= 15 is 0 Å². The third-order valence-electron chi connectivity index (χ3n) is 28.0. The molecule has 113 heavy (non-hydrogen) atoms. The molecular formula is C98H109FN4O10. The Bertz CT molecular complexity index is 4620. The molecule has 0 saturated heterocycles. The molecule has 0 heterocycles. The van der Waals surface area contributed by atoms with E-state index in [4.69, 9.17) is 23.7 Å². The summed E-state index contributed by atoms with van der Waals surface area (Å²) in [5, 5.41) is 11.7. The molecule has 4 N–H and O–H groups in total. The van der Waals surface area contributed by atoms with Crippen molar-refractivity contribution in [3.8, 4) is 50.3 Å². The maximum atomic E-state index is 13.6. The van der Waals surface area contributed by atoms with Gasteiger partial charge in [0.25, 0.3) is 0 Å². The molecule has 15 heteroatoms. The van der Waals surface area contributed by atoms with Crippen LogP contribution in [0.2, 0.25) is 0 Å². The molecule has 16 bridgehead atoms. The van der Waals surface area contributed by atoms with Crippen molar-refractivity contribution < 1.29 is 52.0 Å². The van der Waals surface area contributed by atoms with Crippen molar-refractivity contribution in [2.45, 2.75) is 192 Å². The van der Waals surface area contributed by atoms with Gasteiger partial charge in [-0.25, -0.2) is 23.6 Å². The molecule has 16 aliphatic carbocycles. The number of methoxy groups -OCH3 is 1. The lowest BCUT2D eigenvalue weighted by Crippen LogP contribution is -2.53. The van der Waals surface area contributed by atoms with E-state index in [2.05, 4.69) is 59.4 Å². The molecule has 0 unspecified atom stereocenters. The van der Waals surface area contributed by atoms with Gasteiger partial charge in [0.05, 0.1) is 7.11 Å². The number of hydrogen-bond donors (Lipinski definition) is 4. The van der Waals surface area contributed by atoms with Gasteiger partial charge in [-0.05, 0) is 392 Å². The average Bonchev–Trinajstić information content (AvgIpc) is 0.774. The molecule has 16 saturated carbocycles. The van der Waals surface area contributed by atoms with Gasteiger partial charge >= 0.3 is 24.4 Å². The summed E-state index contributed by atoms with van der Waals surface area (Å²) in [5.41, 5.74) is 14.7. The normalized spacial score (nSPS) is 30.0. The quantitative estimate of drug-likeness (QED) is 0.0605. The zero-order valence-electron chi connectivity index (χ0n) is 66.1. The van der Waals surface area contributed by atoms with Crippen molar-refractivity contribution in [3.05, 3.63) is 210 Å². The first-order chi connectivity index (χ1) is 54.7. The van der Waals surface area contributed by atoms with E-state index < -0.39 is 0 Å². The van der Waals surface area contributed by atoms with E-state index in [1.165, 1.54) is 120 Å². The second-order valence-electron chi connectivity index (χ2n) is 36.6. The molecule has 24 rings (SSSR count). The van der Waals surface area contributed by atoms with Crippen LogP contribution in [0.5, 0.6) is 5.75 Å². The molecule has 14 nitrogen and oxygen atoms in total. The number of amides is 4. The van der Waals surface area contributed by atoms with Crippen molar-refractivity contribution >= 4 is 52.9 Å². The predicted molar refractivity (Wildman–Crippen MR) is 442 cm³/mol. The maximum absolute atomic E-state index is 13.6. The Morgan fingerprint density at radius 3 is 1.01 bits per heavy atom. The fourth-order valence-electron chi connectivity index (χ4n) is 24.5. The minimum atomic E-state index is -0.351. The van der Waals surface area contributed by atoms with Crippen LogP contribution in [0, 0.1) is 109 Å². The van der Waals surface area contributed by atoms with Crippen molar-refractivity contribution in [3.63, 3.8) is 0 Å². The van der Waals surface area contributed by atoms with E-state index in [1.807, 2.05) is 153 Å². The lowest BCUT2D eigenvalue weighted by Gasteiger charge is -2.55. The van der Waals surface area contributed by atoms with Gasteiger partial charge in [-0.1, -0.05) is 103 Å². The standard InChI is InChI=1S/C26H31NO3.C25H27NO3.C24H26FNO2.C23H25NO2/c1-16-8-22(9-17(2)24(16)29-3)21-4-6-23(7-5-21)27-25(28)30-26-13-18-10-19(14-26)12-20(11-18)15-26;1-15(27)19-3-2-4-20(14-19)18-5-7-23(8-6-18)26-25(28)29-24-21-10-16-9-17(12-21)13-22(24)11-16;1-15-6-20(11-21(25)7-15)19-2-4-22(5-3-19)26-23(27)28-24-12-16-8-17(13-24)10-18(9-16)14-24;25-23(26-22-19-11-15-10-16(13-19)14-20(22)12-15)24-21-8-6-18(7-9-21)17-4-2-1-3-5-17/h4-9,18-20H,10-15H2,1-3H3,(H,27,28);2-8,14,16-17,21-22,24H,9-13H2,1H3,(H,26,28);2-7,11,16-18H,8-10,12-14H2,1H3,(H,26,27);1-9,15-16,19-20,22H,10-14H2,(H,24,25). The molecule has 0 spiro atoms. The number of hydrogen-bond acceptors (Lipinski definition) is 10. The molecule has 0 atom stereocenters. The van der Waals surface area contributed by atoms with Crippen LogP contribution in [0.4, 0.5) is 46.3 Å². The number of benzene rings is 8. The van der Waals surface area contributed by atoms with Crippen LogP contribution in [0.3, 0.4) is 0 Å². The number of carbonyl (C=O) groups excluding carboxylic acids is 5. The summed E-state index contributed by atoms with van der Waals surface area (Å²) in [6.45, 7) is 7.57. The lowest BCUT2D eigenvalue weighted by atomic mass is 9.54. The minimum Gasteiger partial charge on any atom is -0.496 e. The number of ether oxygens (including phenoxy) is 5. The van der Waals surface area contributed by atoms with Crippen LogP contribution >= 0.6 is 0 Å². The summed E-state index contributed by atoms with van der Waals surface area (Å²) in [7, 11) is 1.71. The van der Waals surface area contributed by atoms with Gasteiger partial charge < -0.3 is 23.7 Å². The van der Waals surface area contributed by atoms with E-state index in [1.54, 1.807) is 14.0 Å². The van der Waals surface area contributed by atoms with E-state index in [9.17, 15) is 28.4 Å². The number of anilines is 4. The largest absolute Gasteiger partial charge is 0.496 e. The Hall–Kier alpha value is -9.76. The molecule has 0 aromatic heterocycles. The fraction of sp³-hybridized carbons (Fsp3) is 0.459. The van der Waals surface area contributed by atoms with Crippen LogP contribution in [0.15, 0.2) is 182 Å². The predicted octanol–water partition coefficient (Wildman–Crippen LogP) is 24.5. The molecule has 4 amide bonds. The number of nitrogens with one attached hydrogen (secondary N) is 4. The van der Waals surface area contributed by atoms with Crippen molar-refractivity contribution in [2.24, 2.45) is 82.9 Å². The van der Waals surface area contributed by atoms with Crippen LogP contribution < -0.4 is 26.0 Å². The summed E-state index contributed by atoms with van der Waals surface area (Å²) in [6.07, 6.45) is 26.0. The number of rotatable bonds is 14. The first kappa shape index (κ1) is 75.9. The third-order valence-corrected chi connectivity index (χ3v) is 28.0. The van der Waals surface area contributed by atoms with E-state index in [0.717, 1.165) is 176 Å². The van der Waals surface area contributed by atoms with Crippen LogP contribution in [0.1, 0.15) is 175 Å². The van der Waals surface area contributed by atoms with Crippen molar-refractivity contribution in [1.29, 1.82) is 0 Å². The lowest BCUT2D eigenvalue weighted by molar-refractivity contribution is -0.124. The van der Waals surface area contributed by atoms with Gasteiger partial charge in [-0.3, -0.25) is 26.1 Å². The molecular weight excluding hydrogens is 1410 g/mol. The first-order valence-electron chi connectivity index (χ1n) is 42.1. The molecule has 588 valence electrons. The minimum absolute atomic E-state index is 0.0534. The monoisotopic (exact) mass is 1520 g/mol. The van der Waals surface area contributed by atoms with Crippen LogP contribution in [0.25, 0.3) is 44.5 Å². The van der Waals surface area contributed by atoms with Gasteiger partial charge in [0.2, 0.25) is 0 Å². The maximum Gasteiger partial charge on any atom is 0.412 e. The first-order valence-corrected chi connectivity index (χ1v) is 42.1. The van der Waals surface area contributed by atoms with E-state index in [-0.39, 0.29) is 59.4 Å². The van der Waals surface area contributed by atoms with E-state index in [0.29, 0.717) is 34.9 Å². The number of aryl methyl sites for hydroxylation is 3. The molecule has 0 aliphatic heterocycles. The zero-order valence-corrected chi connectivity index (χ0v) is 66.1. The Labute approximate surface area is 665 Å². The molecule has 0 radical (unpaired) electrons. The van der Waals surface area contributed by atoms with Crippen molar-refractivity contribution in [2.75, 3.05) is 28.4 Å². The topological polar surface area (TPSA) is 180 Å². The zero-order chi connectivity index (χ0) is 77.7. The van der Waals surface area contributed by atoms with Gasteiger partial charge in [0, 0.05) is 28.3 Å². The molecule has 8 aromatic carbocycles. The molecule has 16 aliphatic rings. The molecule has 8 aromatic rings. The molecule has 16 fully saturated rings. The van der Waals surface area contributed by atoms with Gasteiger partial charge in [-0.15, -0.1) is 0 Å². The second kappa shape index (κ2) is 32.3. The average molecular weight is 1520 g/mol. The SMILES string of the molecule is CC(=O)c1cccc(-c2ccc(NC(=O)OC3C4CC5CC(C4)CC3C5)cc2)c1.COc1c(C)cc(-c2ccc(NC(=O)OC34CC5CC(CC(C5)C3)C4)cc2)cc1C.Cc1cc(F)cc(-c2ccc(NC(=O)OC34CC5CC(CC(C5)C3)C4)cc2)c1.O=C(Nc1ccc(-c2ccccc2)cc1)OC1C2CC3CC(C2)CC1C3. The number of ketones is 1. The highest BCUT2D eigenvalue weighted by molar-refractivity contribution is 5.95. The van der Waals surface area contributed by atoms with Crippen LogP contribution in [-0.2, 0) is 18.9 Å². The fourth-order valence-corrected chi connectivity index (χ4v) is 24.5. The summed E-state index contributed by atoms with van der Waals surface area (Å²) in [5.74, 6) is 11.1. The highest BCUT2D eigenvalue weighted by Gasteiger charge is 2.56. The Balaban J connectivity index is 0.000000109. The Kier molecular flexibility index (Phi) is 21.7. The van der Waals surface area contributed by atoms with Crippen LogP contribution in [-0.4, -0.2) is 60.7 Å². The van der Waals surface area contributed by atoms with Gasteiger partial charge in [-0.2, -0.15) is 0 Å². The highest BCUT2D eigenvalue weighted by atomic mass is 19.1. The number of Topliss-reactive ketones (excluding diaryl/α,β-unsaturated/α-hetero) is 1. The smallest absolute Gasteiger partial charge is 0.412 e. The third kappa shape index (κ3) is 17.5.